The van der Waals surface area contributed by atoms with Crippen molar-refractivity contribution in [2.24, 2.45) is 0 Å². The fourth-order valence-corrected chi connectivity index (χ4v) is 4.21. The molecule has 0 radical (unpaired) electrons. The molecule has 3 rings (SSSR count). The third-order valence-electron chi connectivity index (χ3n) is 3.85. The number of thiazole rings is 1. The van der Waals surface area contributed by atoms with Gasteiger partial charge in [-0.3, -0.25) is 14.6 Å². The van der Waals surface area contributed by atoms with Gasteiger partial charge in [-0.05, 0) is 25.3 Å². The molecule has 136 valence electrons. The van der Waals surface area contributed by atoms with Crippen LogP contribution in [0.1, 0.15) is 32.9 Å². The Bertz CT molecular complexity index is 1020. The number of thiophene rings is 1. The molecule has 3 N–H and O–H groups in total. The van der Waals surface area contributed by atoms with E-state index in [1.54, 1.807) is 18.3 Å². The Balaban J connectivity index is 1.79. The van der Waals surface area contributed by atoms with Crippen LogP contribution in [0.15, 0.2) is 32.5 Å². The van der Waals surface area contributed by atoms with E-state index >= 15 is 0 Å². The molecule has 9 heteroatoms. The third-order valence-corrected chi connectivity index (χ3v) is 5.82. The van der Waals surface area contributed by atoms with Crippen LogP contribution in [-0.4, -0.2) is 20.9 Å². The van der Waals surface area contributed by atoms with Gasteiger partial charge in [-0.25, -0.2) is 9.78 Å². The first-order valence-electron chi connectivity index (χ1n) is 7.98. The average Bonchev–Trinajstić information content (AvgIpc) is 3.22. The summed E-state index contributed by atoms with van der Waals surface area (Å²) in [5.41, 5.74) is 0.441. The molecular formula is C17H18N4O3S2. The third kappa shape index (κ3) is 4.36. The molecule has 0 spiro atoms. The maximum Gasteiger partial charge on any atom is 0.325 e. The van der Waals surface area contributed by atoms with Gasteiger partial charge in [-0.15, -0.1) is 22.7 Å². The summed E-state index contributed by atoms with van der Waals surface area (Å²) in [6, 6.07) is 3.72. The summed E-state index contributed by atoms with van der Waals surface area (Å²) in [6.07, 6.45) is 0.528. The molecule has 0 aliphatic heterocycles. The number of aromatic nitrogens is 3. The lowest BCUT2D eigenvalue weighted by Crippen LogP contribution is -2.34. The van der Waals surface area contributed by atoms with E-state index in [9.17, 15) is 14.4 Å². The number of rotatable bonds is 6. The molecule has 3 aromatic heterocycles. The summed E-state index contributed by atoms with van der Waals surface area (Å²) in [7, 11) is 0. The number of hydrogen-bond donors (Lipinski definition) is 3. The molecular weight excluding hydrogens is 372 g/mol. The summed E-state index contributed by atoms with van der Waals surface area (Å²) in [4.78, 5) is 46.1. The molecule has 0 aliphatic carbocycles. The largest absolute Gasteiger partial charge is 0.346 e. The molecule has 0 saturated heterocycles. The van der Waals surface area contributed by atoms with Crippen LogP contribution >= 0.6 is 22.7 Å². The van der Waals surface area contributed by atoms with Gasteiger partial charge < -0.3 is 10.3 Å². The van der Waals surface area contributed by atoms with E-state index in [4.69, 9.17) is 0 Å². The summed E-state index contributed by atoms with van der Waals surface area (Å²) in [5.74, 6) is -0.292. The molecule has 0 aromatic carbocycles. The average molecular weight is 390 g/mol. The maximum atomic E-state index is 12.5. The molecule has 0 fully saturated rings. The number of amides is 1. The van der Waals surface area contributed by atoms with Crippen molar-refractivity contribution in [3.63, 3.8) is 0 Å². The molecule has 0 unspecified atom stereocenters. The van der Waals surface area contributed by atoms with Crippen molar-refractivity contribution in [2.75, 3.05) is 0 Å². The van der Waals surface area contributed by atoms with Crippen LogP contribution in [0.4, 0.5) is 0 Å². The van der Waals surface area contributed by atoms with Crippen molar-refractivity contribution in [2.45, 2.75) is 32.7 Å². The van der Waals surface area contributed by atoms with E-state index in [0.717, 1.165) is 15.6 Å². The molecule has 7 nitrogen and oxygen atoms in total. The first-order valence-corrected chi connectivity index (χ1v) is 9.74. The van der Waals surface area contributed by atoms with Gasteiger partial charge in [0, 0.05) is 33.6 Å². The Morgan fingerprint density at radius 2 is 2.08 bits per heavy atom. The van der Waals surface area contributed by atoms with Gasteiger partial charge in [-0.2, -0.15) is 0 Å². The molecule has 1 atom stereocenters. The van der Waals surface area contributed by atoms with Crippen molar-refractivity contribution < 1.29 is 4.79 Å². The second-order valence-electron chi connectivity index (χ2n) is 5.92. The second-order valence-corrected chi connectivity index (χ2v) is 7.84. The van der Waals surface area contributed by atoms with E-state index in [1.807, 2.05) is 29.8 Å². The minimum absolute atomic E-state index is 0.108. The molecule has 0 saturated carbocycles. The van der Waals surface area contributed by atoms with E-state index in [0.29, 0.717) is 12.1 Å². The first kappa shape index (κ1) is 18.3. The van der Waals surface area contributed by atoms with Crippen molar-refractivity contribution >= 4 is 28.6 Å². The number of aryl methyl sites for hydroxylation is 2. The SMILES string of the molecule is Cc1csc([C@@H](Cc2cccs2)NC(=O)Cc2c(C)[nH]c(=O)[nH]c2=O)n1. The lowest BCUT2D eigenvalue weighted by atomic mass is 10.1. The van der Waals surface area contributed by atoms with Crippen molar-refractivity contribution in [3.8, 4) is 0 Å². The zero-order valence-electron chi connectivity index (χ0n) is 14.3. The Kier molecular flexibility index (Phi) is 5.48. The monoisotopic (exact) mass is 390 g/mol. The number of nitrogens with one attached hydrogen (secondary N) is 3. The van der Waals surface area contributed by atoms with Gasteiger partial charge in [0.2, 0.25) is 5.91 Å². The van der Waals surface area contributed by atoms with Crippen LogP contribution in [0.25, 0.3) is 0 Å². The zero-order valence-corrected chi connectivity index (χ0v) is 15.9. The highest BCUT2D eigenvalue weighted by atomic mass is 32.1. The lowest BCUT2D eigenvalue weighted by molar-refractivity contribution is -0.121. The minimum atomic E-state index is -0.578. The normalized spacial score (nSPS) is 12.1. The molecule has 3 aromatic rings. The van der Waals surface area contributed by atoms with E-state index in [1.165, 1.54) is 11.3 Å². The van der Waals surface area contributed by atoms with Gasteiger partial charge in [0.1, 0.15) is 5.01 Å². The van der Waals surface area contributed by atoms with E-state index in [-0.39, 0.29) is 23.9 Å². The molecule has 26 heavy (non-hydrogen) atoms. The quantitative estimate of drug-likeness (QED) is 0.597. The fraction of sp³-hybridized carbons (Fsp3) is 0.294. The smallest absolute Gasteiger partial charge is 0.325 e. The highest BCUT2D eigenvalue weighted by molar-refractivity contribution is 7.10. The van der Waals surface area contributed by atoms with Crippen LogP contribution in [0.3, 0.4) is 0 Å². The number of nitrogens with zero attached hydrogens (tertiary/aromatic N) is 1. The number of carbonyl (C=O) groups is 1. The van der Waals surface area contributed by atoms with Gasteiger partial charge in [-0.1, -0.05) is 6.07 Å². The fourth-order valence-electron chi connectivity index (χ4n) is 2.61. The Morgan fingerprint density at radius 1 is 1.27 bits per heavy atom. The number of hydrogen-bond acceptors (Lipinski definition) is 6. The van der Waals surface area contributed by atoms with Gasteiger partial charge in [0.15, 0.2) is 0 Å². The van der Waals surface area contributed by atoms with Crippen molar-refractivity contribution in [1.29, 1.82) is 0 Å². The van der Waals surface area contributed by atoms with Crippen molar-refractivity contribution in [3.05, 3.63) is 70.6 Å². The van der Waals surface area contributed by atoms with Gasteiger partial charge in [0.05, 0.1) is 12.5 Å². The first-order chi connectivity index (χ1) is 12.4. The Hall–Kier alpha value is -2.52. The van der Waals surface area contributed by atoms with Gasteiger partial charge in [0.25, 0.3) is 5.56 Å². The second kappa shape index (κ2) is 7.79. The highest BCUT2D eigenvalue weighted by Crippen LogP contribution is 2.24. The van der Waals surface area contributed by atoms with E-state index < -0.39 is 11.2 Å². The Morgan fingerprint density at radius 3 is 2.69 bits per heavy atom. The number of carbonyl (C=O) groups excluding carboxylic acids is 1. The molecule has 0 bridgehead atoms. The van der Waals surface area contributed by atoms with Crippen molar-refractivity contribution in [1.82, 2.24) is 20.3 Å². The lowest BCUT2D eigenvalue weighted by Gasteiger charge is -2.16. The minimum Gasteiger partial charge on any atom is -0.346 e. The van der Waals surface area contributed by atoms with Gasteiger partial charge >= 0.3 is 5.69 Å². The summed E-state index contributed by atoms with van der Waals surface area (Å²) >= 11 is 3.12. The molecule has 0 aliphatic rings. The predicted molar refractivity (Wildman–Crippen MR) is 102 cm³/mol. The van der Waals surface area contributed by atoms with Crippen LogP contribution in [-0.2, 0) is 17.6 Å². The molecule has 1 amide bonds. The van der Waals surface area contributed by atoms with Crippen LogP contribution < -0.4 is 16.6 Å². The maximum absolute atomic E-state index is 12.5. The van der Waals surface area contributed by atoms with Crippen LogP contribution in [0.2, 0.25) is 0 Å². The van der Waals surface area contributed by atoms with Crippen LogP contribution in [0, 0.1) is 13.8 Å². The number of H-pyrrole nitrogens is 2. The summed E-state index contributed by atoms with van der Waals surface area (Å²) in [5, 5.41) is 7.74. The number of aromatic amines is 2. The predicted octanol–water partition coefficient (Wildman–Crippen LogP) is 1.84. The highest BCUT2D eigenvalue weighted by Gasteiger charge is 2.20. The summed E-state index contributed by atoms with van der Waals surface area (Å²) in [6.45, 7) is 3.51. The summed E-state index contributed by atoms with van der Waals surface area (Å²) < 4.78 is 0. The van der Waals surface area contributed by atoms with Crippen LogP contribution in [0.5, 0.6) is 0 Å². The standard InChI is InChI=1S/C17H18N4O3S2/c1-9-8-26-16(18-9)13(6-11-4-3-5-25-11)20-14(22)7-12-10(2)19-17(24)21-15(12)23/h3-5,8,13H,6-7H2,1-2H3,(H,20,22)(H2,19,21,23,24)/t13-/m1/s1. The Labute approximate surface area is 157 Å². The van der Waals surface area contributed by atoms with E-state index in [2.05, 4.69) is 20.3 Å². The topological polar surface area (TPSA) is 108 Å². The zero-order chi connectivity index (χ0) is 18.7. The molecule has 3 heterocycles.